The van der Waals surface area contributed by atoms with E-state index in [0.717, 1.165) is 5.69 Å². The number of phenols is 2. The third-order valence-corrected chi connectivity index (χ3v) is 5.33. The van der Waals surface area contributed by atoms with Crippen LogP contribution in [0.15, 0.2) is 46.0 Å². The van der Waals surface area contributed by atoms with Crippen molar-refractivity contribution in [2.45, 2.75) is 0 Å². The fraction of sp³-hybridized carbons (Fsp3) is 0.200. The van der Waals surface area contributed by atoms with Crippen LogP contribution in [0.4, 0.5) is 23.5 Å². The minimum atomic E-state index is -0.121. The fourth-order valence-corrected chi connectivity index (χ4v) is 3.45. The molecule has 10 nitrogen and oxygen atoms in total. The zero-order chi connectivity index (χ0) is 22.5. The summed E-state index contributed by atoms with van der Waals surface area (Å²) in [5.41, 5.74) is 3.88. The Morgan fingerprint density at radius 3 is 2.62 bits per heavy atom. The lowest BCUT2D eigenvalue weighted by Crippen LogP contribution is -2.37. The van der Waals surface area contributed by atoms with Gasteiger partial charge in [0.2, 0.25) is 17.8 Å². The third-order valence-electron chi connectivity index (χ3n) is 4.46. The highest BCUT2D eigenvalue weighted by Gasteiger charge is 2.17. The van der Waals surface area contributed by atoms with Crippen LogP contribution < -0.4 is 15.6 Å². The van der Waals surface area contributed by atoms with Crippen molar-refractivity contribution in [3.8, 4) is 11.5 Å². The van der Waals surface area contributed by atoms with Gasteiger partial charge >= 0.3 is 0 Å². The highest BCUT2D eigenvalue weighted by Crippen LogP contribution is 2.30. The second-order valence-electron chi connectivity index (χ2n) is 6.75. The van der Waals surface area contributed by atoms with Gasteiger partial charge in [0, 0.05) is 35.4 Å². The van der Waals surface area contributed by atoms with Crippen molar-refractivity contribution in [3.05, 3.63) is 51.5 Å². The van der Waals surface area contributed by atoms with E-state index < -0.39 is 0 Å². The van der Waals surface area contributed by atoms with Gasteiger partial charge in [-0.3, -0.25) is 0 Å². The molecule has 1 aliphatic heterocycles. The molecule has 2 aromatic carbocycles. The monoisotopic (exact) mass is 519 g/mol. The van der Waals surface area contributed by atoms with E-state index in [0.29, 0.717) is 53.3 Å². The van der Waals surface area contributed by atoms with Crippen LogP contribution in [-0.2, 0) is 4.74 Å². The van der Waals surface area contributed by atoms with E-state index in [-0.39, 0.29) is 17.4 Å². The Bertz CT molecular complexity index is 1140. The molecule has 0 spiro atoms. The van der Waals surface area contributed by atoms with Crippen LogP contribution in [-0.4, -0.2) is 57.7 Å². The highest BCUT2D eigenvalue weighted by molar-refractivity contribution is 9.10. The van der Waals surface area contributed by atoms with Crippen LogP contribution in [0.1, 0.15) is 5.56 Å². The van der Waals surface area contributed by atoms with E-state index in [2.05, 4.69) is 46.7 Å². The molecule has 0 bridgehead atoms. The van der Waals surface area contributed by atoms with Gasteiger partial charge in [0.1, 0.15) is 11.5 Å². The molecule has 0 atom stereocenters. The number of benzene rings is 2. The smallest absolute Gasteiger partial charge is 0.250 e. The molecular weight excluding hydrogens is 502 g/mol. The Hall–Kier alpha value is -3.15. The topological polar surface area (TPSA) is 128 Å². The number of nitrogens with zero attached hydrogens (tertiary/aromatic N) is 5. The maximum absolute atomic E-state index is 9.98. The van der Waals surface area contributed by atoms with Gasteiger partial charge in [-0.2, -0.15) is 20.1 Å². The average Bonchev–Trinajstić information content (AvgIpc) is 2.78. The Kier molecular flexibility index (Phi) is 6.88. The minimum absolute atomic E-state index is 0.0723. The Morgan fingerprint density at radius 2 is 1.84 bits per heavy atom. The summed E-state index contributed by atoms with van der Waals surface area (Å²) in [7, 11) is 0. The molecule has 2 heterocycles. The predicted octanol–water partition coefficient (Wildman–Crippen LogP) is 3.72. The highest BCUT2D eigenvalue weighted by atomic mass is 79.9. The third kappa shape index (κ3) is 5.55. The van der Waals surface area contributed by atoms with Crippen LogP contribution in [0, 0.1) is 0 Å². The van der Waals surface area contributed by atoms with Gasteiger partial charge in [-0.25, -0.2) is 5.43 Å². The van der Waals surface area contributed by atoms with Crippen LogP contribution in [0.2, 0.25) is 5.02 Å². The van der Waals surface area contributed by atoms with Crippen molar-refractivity contribution in [3.63, 3.8) is 0 Å². The summed E-state index contributed by atoms with van der Waals surface area (Å²) in [6, 6.07) is 9.96. The molecule has 0 aliphatic carbocycles. The lowest BCUT2D eigenvalue weighted by Gasteiger charge is -2.27. The summed E-state index contributed by atoms with van der Waals surface area (Å²) in [5, 5.41) is 27.4. The van der Waals surface area contributed by atoms with E-state index in [1.54, 1.807) is 12.1 Å². The summed E-state index contributed by atoms with van der Waals surface area (Å²) in [4.78, 5) is 15.3. The van der Waals surface area contributed by atoms with E-state index in [1.807, 2.05) is 17.0 Å². The summed E-state index contributed by atoms with van der Waals surface area (Å²) in [6.07, 6.45) is 1.39. The second-order valence-corrected chi connectivity index (χ2v) is 8.04. The van der Waals surface area contributed by atoms with Crippen LogP contribution in [0.5, 0.6) is 11.5 Å². The van der Waals surface area contributed by atoms with Crippen LogP contribution in [0.25, 0.3) is 0 Å². The maximum Gasteiger partial charge on any atom is 0.250 e. The lowest BCUT2D eigenvalue weighted by molar-refractivity contribution is 0.122. The van der Waals surface area contributed by atoms with Gasteiger partial charge in [0.05, 0.1) is 23.9 Å². The molecule has 3 aromatic rings. The molecule has 0 unspecified atom stereocenters. The predicted molar refractivity (Wildman–Crippen MR) is 126 cm³/mol. The Labute approximate surface area is 197 Å². The van der Waals surface area contributed by atoms with E-state index in [1.165, 1.54) is 18.3 Å². The number of ether oxygens (including phenoxy) is 1. The maximum atomic E-state index is 9.98. The standard InChI is InChI=1S/C20H19BrClN7O3/c21-15-8-12(16(30)10-17(15)31)11-23-28-19-25-18(24-14-3-1-2-13(22)9-14)26-20(27-19)29-4-6-32-7-5-29/h1-3,8-11,30-31H,4-7H2,(H2,24,25,26,27,28)/b23-11-. The fourth-order valence-electron chi connectivity index (χ4n) is 2.90. The SMILES string of the molecule is Oc1cc(O)c(/C=N\Nc2nc(Nc3cccc(Cl)c3)nc(N3CCOCC3)n2)cc1Br. The normalized spacial score (nSPS) is 14.0. The van der Waals surface area contributed by atoms with Crippen molar-refractivity contribution in [1.29, 1.82) is 0 Å². The number of aromatic hydroxyl groups is 2. The molecule has 4 rings (SSSR count). The Morgan fingerprint density at radius 1 is 1.06 bits per heavy atom. The molecule has 1 aromatic heterocycles. The first kappa shape index (κ1) is 22.1. The number of hydrogen-bond acceptors (Lipinski definition) is 10. The number of rotatable bonds is 6. The number of halogens is 2. The number of hydrazone groups is 1. The van der Waals surface area contributed by atoms with Gasteiger partial charge in [0.15, 0.2) is 0 Å². The van der Waals surface area contributed by atoms with Crippen molar-refractivity contribution in [2.75, 3.05) is 41.9 Å². The van der Waals surface area contributed by atoms with Crippen molar-refractivity contribution in [1.82, 2.24) is 15.0 Å². The first-order valence-electron chi connectivity index (χ1n) is 9.60. The number of morpholine rings is 1. The van der Waals surface area contributed by atoms with Crippen molar-refractivity contribution in [2.24, 2.45) is 5.10 Å². The first-order valence-corrected chi connectivity index (χ1v) is 10.8. The average molecular weight is 521 g/mol. The number of phenolic OH excluding ortho intramolecular Hbond substituents is 2. The molecular formula is C20H19BrClN7O3. The van der Waals surface area contributed by atoms with Gasteiger partial charge in [-0.1, -0.05) is 17.7 Å². The molecule has 4 N–H and O–H groups in total. The van der Waals surface area contributed by atoms with E-state index in [9.17, 15) is 10.2 Å². The number of aromatic nitrogens is 3. The second kappa shape index (κ2) is 9.98. The molecule has 1 fully saturated rings. The van der Waals surface area contributed by atoms with Gasteiger partial charge in [0.25, 0.3) is 0 Å². The minimum Gasteiger partial charge on any atom is -0.507 e. The molecule has 1 saturated heterocycles. The van der Waals surface area contributed by atoms with E-state index >= 15 is 0 Å². The molecule has 0 saturated carbocycles. The molecule has 0 radical (unpaired) electrons. The number of nitrogens with one attached hydrogen (secondary N) is 2. The zero-order valence-electron chi connectivity index (χ0n) is 16.7. The van der Waals surface area contributed by atoms with E-state index in [4.69, 9.17) is 16.3 Å². The van der Waals surface area contributed by atoms with Crippen LogP contribution in [0.3, 0.4) is 0 Å². The summed E-state index contributed by atoms with van der Waals surface area (Å²) in [5.74, 6) is 0.804. The van der Waals surface area contributed by atoms with Crippen molar-refractivity contribution < 1.29 is 14.9 Å². The molecule has 12 heteroatoms. The molecule has 1 aliphatic rings. The summed E-state index contributed by atoms with van der Waals surface area (Å²) >= 11 is 9.28. The summed E-state index contributed by atoms with van der Waals surface area (Å²) in [6.45, 7) is 2.47. The quantitative estimate of drug-likeness (QED) is 0.284. The Balaban J connectivity index is 1.59. The number of anilines is 4. The summed E-state index contributed by atoms with van der Waals surface area (Å²) < 4.78 is 5.84. The molecule has 32 heavy (non-hydrogen) atoms. The zero-order valence-corrected chi connectivity index (χ0v) is 19.0. The molecule has 166 valence electrons. The van der Waals surface area contributed by atoms with Gasteiger partial charge < -0.3 is 25.2 Å². The number of hydrogen-bond donors (Lipinski definition) is 4. The van der Waals surface area contributed by atoms with Gasteiger partial charge in [-0.15, -0.1) is 0 Å². The van der Waals surface area contributed by atoms with Gasteiger partial charge in [-0.05, 0) is 40.2 Å². The van der Waals surface area contributed by atoms with Crippen molar-refractivity contribution >= 4 is 57.3 Å². The van der Waals surface area contributed by atoms with Crippen LogP contribution >= 0.6 is 27.5 Å². The lowest BCUT2D eigenvalue weighted by atomic mass is 10.2. The first-order chi connectivity index (χ1) is 15.5. The molecule has 0 amide bonds. The largest absolute Gasteiger partial charge is 0.507 e.